The van der Waals surface area contributed by atoms with Gasteiger partial charge in [0.05, 0.1) is 25.9 Å². The highest BCUT2D eigenvalue weighted by molar-refractivity contribution is 5.93. The molecule has 11 nitrogen and oxygen atoms in total. The Balaban J connectivity index is 1.25. The van der Waals surface area contributed by atoms with Crippen LogP contribution in [0.5, 0.6) is 0 Å². The third kappa shape index (κ3) is 5.44. The number of fused-ring (bicyclic) bond motifs is 4. The topological polar surface area (TPSA) is 143 Å². The predicted molar refractivity (Wildman–Crippen MR) is 147 cm³/mol. The van der Waals surface area contributed by atoms with E-state index in [1.54, 1.807) is 20.8 Å². The van der Waals surface area contributed by atoms with E-state index in [9.17, 15) is 24.4 Å². The summed E-state index contributed by atoms with van der Waals surface area (Å²) in [6, 6.07) is 14.9. The van der Waals surface area contributed by atoms with Crippen LogP contribution in [0.2, 0.25) is 0 Å². The van der Waals surface area contributed by atoms with Crippen LogP contribution in [0, 0.1) is 5.21 Å². The molecule has 2 N–H and O–H groups in total. The van der Waals surface area contributed by atoms with E-state index in [4.69, 9.17) is 14.2 Å². The van der Waals surface area contributed by atoms with Crippen LogP contribution < -0.4 is 10.6 Å². The maximum absolute atomic E-state index is 14.2. The molecule has 0 saturated carbocycles. The summed E-state index contributed by atoms with van der Waals surface area (Å²) in [5, 5.41) is 19.9. The van der Waals surface area contributed by atoms with E-state index in [1.165, 1.54) is 0 Å². The number of hydrogen-bond donors (Lipinski definition) is 2. The summed E-state index contributed by atoms with van der Waals surface area (Å²) in [6.07, 6.45) is -1.49. The summed E-state index contributed by atoms with van der Waals surface area (Å²) in [7, 11) is 0. The van der Waals surface area contributed by atoms with Gasteiger partial charge < -0.3 is 29.4 Å². The van der Waals surface area contributed by atoms with Crippen LogP contribution in [0.25, 0.3) is 11.1 Å². The molecule has 11 heteroatoms. The fraction of sp³-hybridized carbons (Fsp3) is 0.467. The molecule has 218 valence electrons. The number of carbonyl (C=O) groups excluding carboxylic acids is 4. The zero-order valence-electron chi connectivity index (χ0n) is 23.4. The van der Waals surface area contributed by atoms with Gasteiger partial charge in [0, 0.05) is 12.5 Å². The molecule has 0 bridgehead atoms. The van der Waals surface area contributed by atoms with Crippen molar-refractivity contribution in [3.63, 3.8) is 0 Å². The molecule has 1 aliphatic carbocycles. The van der Waals surface area contributed by atoms with Crippen molar-refractivity contribution in [1.82, 2.24) is 10.6 Å². The second kappa shape index (κ2) is 10.9. The van der Waals surface area contributed by atoms with Crippen molar-refractivity contribution < 1.29 is 38.0 Å². The number of benzene rings is 2. The Bertz CT molecular complexity index is 1330. The van der Waals surface area contributed by atoms with Crippen molar-refractivity contribution in [2.75, 3.05) is 32.8 Å². The summed E-state index contributed by atoms with van der Waals surface area (Å²) in [5.74, 6) is -2.18. The molecular weight excluding hydrogens is 530 g/mol. The van der Waals surface area contributed by atoms with Crippen molar-refractivity contribution in [2.45, 2.75) is 56.8 Å². The van der Waals surface area contributed by atoms with E-state index < -0.39 is 52.4 Å². The van der Waals surface area contributed by atoms with Crippen molar-refractivity contribution in [3.8, 4) is 11.1 Å². The number of quaternary nitrogens is 1. The highest BCUT2D eigenvalue weighted by atomic mass is 16.6. The second-order valence-electron chi connectivity index (χ2n) is 11.7. The van der Waals surface area contributed by atoms with Crippen LogP contribution in [-0.4, -0.2) is 78.6 Å². The number of carbonyl (C=O) groups is 4. The minimum Gasteiger partial charge on any atom is -0.630 e. The van der Waals surface area contributed by atoms with E-state index in [0.29, 0.717) is 6.54 Å². The van der Waals surface area contributed by atoms with Crippen LogP contribution in [0.1, 0.15) is 50.7 Å². The van der Waals surface area contributed by atoms with Gasteiger partial charge in [-0.15, -0.1) is 0 Å². The van der Waals surface area contributed by atoms with Crippen LogP contribution in [0.3, 0.4) is 0 Å². The van der Waals surface area contributed by atoms with Gasteiger partial charge in [0.1, 0.15) is 18.2 Å². The first-order valence-corrected chi connectivity index (χ1v) is 13.8. The molecule has 1 unspecified atom stereocenters. The summed E-state index contributed by atoms with van der Waals surface area (Å²) < 4.78 is 14.7. The number of hydroxylamine groups is 3. The molecular formula is C30H35N3O8. The lowest BCUT2D eigenvalue weighted by Gasteiger charge is -2.56. The van der Waals surface area contributed by atoms with Gasteiger partial charge >= 0.3 is 18.0 Å². The highest BCUT2D eigenvalue weighted by Crippen LogP contribution is 2.45. The number of ketones is 1. The molecule has 3 atom stereocenters. The zero-order valence-corrected chi connectivity index (χ0v) is 23.4. The van der Waals surface area contributed by atoms with Crippen LogP contribution in [-0.2, 0) is 28.6 Å². The summed E-state index contributed by atoms with van der Waals surface area (Å²) in [4.78, 5) is 50.9. The van der Waals surface area contributed by atoms with E-state index in [1.807, 2.05) is 48.5 Å². The molecule has 2 aromatic rings. The van der Waals surface area contributed by atoms with E-state index >= 15 is 0 Å². The number of piperazine rings is 1. The average molecular weight is 566 g/mol. The van der Waals surface area contributed by atoms with Crippen molar-refractivity contribution >= 4 is 23.8 Å². The fourth-order valence-electron chi connectivity index (χ4n) is 6.17. The van der Waals surface area contributed by atoms with Crippen molar-refractivity contribution in [3.05, 3.63) is 64.9 Å². The van der Waals surface area contributed by atoms with Gasteiger partial charge in [-0.25, -0.2) is 9.59 Å². The Hall–Kier alpha value is -3.80. The molecule has 41 heavy (non-hydrogen) atoms. The van der Waals surface area contributed by atoms with Crippen LogP contribution in [0.15, 0.2) is 48.5 Å². The lowest BCUT2D eigenvalue weighted by atomic mass is 9.98. The minimum absolute atomic E-state index is 0.0246. The summed E-state index contributed by atoms with van der Waals surface area (Å²) in [6.45, 7) is 4.66. The number of ether oxygens (including phenoxy) is 3. The summed E-state index contributed by atoms with van der Waals surface area (Å²) in [5.41, 5.74) is 1.66. The van der Waals surface area contributed by atoms with Crippen LogP contribution in [0.4, 0.5) is 4.79 Å². The smallest absolute Gasteiger partial charge is 0.412 e. The Labute approximate surface area is 238 Å². The predicted octanol–water partition coefficient (Wildman–Crippen LogP) is 2.76. The average Bonchev–Trinajstić information content (AvgIpc) is 3.34. The number of rotatable bonds is 7. The van der Waals surface area contributed by atoms with Gasteiger partial charge in [-0.1, -0.05) is 48.5 Å². The first-order valence-electron chi connectivity index (χ1n) is 13.8. The number of hydrogen-bond acceptors (Lipinski definition) is 9. The standard InChI is InChI=1S/C30H35N3O8/c1-29(2,3)41-27(36)17-39-26(35)15-19-14-25(34)30(18-31-12-13-33(19,30)38)32-28(37)40-16-24-22-10-6-4-8-20(22)21-9-5-7-11-23(21)24/h4-11,19,24,31H,12-18H2,1-3H3,(H,32,37)/t19-,30-,33?/m0/s1. The third-order valence-electron chi connectivity index (χ3n) is 7.95. The number of nitrogens with one attached hydrogen (secondary N) is 2. The molecule has 2 aromatic carbocycles. The second-order valence-corrected chi connectivity index (χ2v) is 11.7. The SMILES string of the molecule is CC(C)(C)OC(=O)COC(=O)C[C@@H]1CC(=O)[C@]2(NC(=O)OCC3c4ccccc4-c4ccccc43)CNCC[N+]12[O-]. The molecule has 2 saturated heterocycles. The molecule has 2 aliphatic heterocycles. The van der Waals surface area contributed by atoms with Gasteiger partial charge in [0.15, 0.2) is 6.61 Å². The number of Topliss-reactive ketones (excluding diaryl/α,β-unsaturated/α-hetero) is 1. The molecule has 1 amide bonds. The quantitative estimate of drug-likeness (QED) is 0.224. The number of alkyl carbamates (subject to hydrolysis) is 1. The Kier molecular flexibility index (Phi) is 7.62. The summed E-state index contributed by atoms with van der Waals surface area (Å²) >= 11 is 0. The van der Waals surface area contributed by atoms with E-state index in [-0.39, 0.29) is 38.5 Å². The van der Waals surface area contributed by atoms with E-state index in [2.05, 4.69) is 10.6 Å². The molecule has 0 radical (unpaired) electrons. The molecule has 0 aromatic heterocycles. The molecule has 3 aliphatic rings. The number of esters is 2. The zero-order chi connectivity index (χ0) is 29.4. The highest BCUT2D eigenvalue weighted by Gasteiger charge is 2.64. The lowest BCUT2D eigenvalue weighted by molar-refractivity contribution is -0.939. The molecule has 2 heterocycles. The van der Waals surface area contributed by atoms with Gasteiger partial charge in [0.25, 0.3) is 0 Å². The maximum atomic E-state index is 14.2. The first kappa shape index (κ1) is 28.7. The normalized spacial score (nSPS) is 25.1. The largest absolute Gasteiger partial charge is 0.630 e. The van der Waals surface area contributed by atoms with Crippen LogP contribution >= 0.6 is 0 Å². The monoisotopic (exact) mass is 565 g/mol. The van der Waals surface area contributed by atoms with Gasteiger partial charge in [-0.3, -0.25) is 14.9 Å². The molecule has 5 rings (SSSR count). The minimum atomic E-state index is -1.84. The van der Waals surface area contributed by atoms with Crippen molar-refractivity contribution in [2.24, 2.45) is 0 Å². The fourth-order valence-corrected chi connectivity index (χ4v) is 6.17. The number of nitrogens with zero attached hydrogens (tertiary/aromatic N) is 1. The lowest BCUT2D eigenvalue weighted by Crippen LogP contribution is -2.78. The first-order chi connectivity index (χ1) is 19.4. The molecule has 0 spiro atoms. The van der Waals surface area contributed by atoms with Crippen molar-refractivity contribution in [1.29, 1.82) is 0 Å². The Morgan fingerprint density at radius 1 is 1.02 bits per heavy atom. The molecule has 2 fully saturated rings. The maximum Gasteiger partial charge on any atom is 0.412 e. The third-order valence-corrected chi connectivity index (χ3v) is 7.95. The van der Waals surface area contributed by atoms with Gasteiger partial charge in [-0.2, -0.15) is 0 Å². The van der Waals surface area contributed by atoms with Gasteiger partial charge in [-0.05, 0) is 43.0 Å². The van der Waals surface area contributed by atoms with E-state index in [0.717, 1.165) is 22.3 Å². The van der Waals surface area contributed by atoms with Gasteiger partial charge in [0.2, 0.25) is 11.4 Å². The Morgan fingerprint density at radius 2 is 1.66 bits per heavy atom. The Morgan fingerprint density at radius 3 is 2.29 bits per heavy atom. The number of amides is 1.